The number of para-hydroxylation sites is 1. The Kier molecular flexibility index (Phi) is 5.67. The molecule has 0 bridgehead atoms. The zero-order valence-electron chi connectivity index (χ0n) is 11.8. The maximum atomic E-state index is 8.74. The topological polar surface area (TPSA) is 41.5 Å². The molecule has 3 heteroatoms. The minimum Gasteiger partial charge on any atom is -0.493 e. The average molecular weight is 263 g/mol. The predicted molar refractivity (Wildman–Crippen MR) is 77.4 cm³/mol. The number of unbranched alkanes of at least 4 members (excludes halogenated alkanes) is 3. The van der Waals surface area contributed by atoms with Crippen LogP contribution in [-0.2, 0) is 0 Å². The van der Waals surface area contributed by atoms with Gasteiger partial charge in [-0.3, -0.25) is 0 Å². The number of aliphatic hydroxyl groups is 1. The lowest BCUT2D eigenvalue weighted by molar-refractivity contribution is 0.188. The Morgan fingerprint density at radius 1 is 1.21 bits per heavy atom. The third-order valence-corrected chi connectivity index (χ3v) is 3.77. The standard InChI is InChI=1S/C16H25NO2/c1-13-12-19-15-9-5-4-8-14(15)16(13)17-10-6-2-3-7-11-18/h4-5,8-9,13,16-18H,2-3,6-7,10-12H2,1H3. The first kappa shape index (κ1) is 14.4. The summed E-state index contributed by atoms with van der Waals surface area (Å²) < 4.78 is 5.76. The van der Waals surface area contributed by atoms with E-state index in [1.807, 2.05) is 6.07 Å². The zero-order valence-corrected chi connectivity index (χ0v) is 11.8. The Balaban J connectivity index is 1.82. The minimum atomic E-state index is 0.317. The predicted octanol–water partition coefficient (Wildman–Crippen LogP) is 2.90. The molecule has 0 saturated carbocycles. The molecule has 1 heterocycles. The van der Waals surface area contributed by atoms with Crippen molar-refractivity contribution in [2.75, 3.05) is 19.8 Å². The van der Waals surface area contributed by atoms with E-state index in [0.717, 1.165) is 31.7 Å². The third-order valence-electron chi connectivity index (χ3n) is 3.77. The van der Waals surface area contributed by atoms with Crippen LogP contribution in [-0.4, -0.2) is 24.9 Å². The van der Waals surface area contributed by atoms with Crippen LogP contribution in [0, 0.1) is 5.92 Å². The van der Waals surface area contributed by atoms with Crippen molar-refractivity contribution >= 4 is 0 Å². The normalized spacial score (nSPS) is 21.8. The second-order valence-electron chi connectivity index (χ2n) is 5.40. The number of hydrogen-bond donors (Lipinski definition) is 2. The summed E-state index contributed by atoms with van der Waals surface area (Å²) in [5.41, 5.74) is 1.29. The van der Waals surface area contributed by atoms with Gasteiger partial charge in [-0.25, -0.2) is 0 Å². The molecular formula is C16H25NO2. The molecule has 106 valence electrons. The summed E-state index contributed by atoms with van der Waals surface area (Å²) in [6.07, 6.45) is 4.41. The fraction of sp³-hybridized carbons (Fsp3) is 0.625. The van der Waals surface area contributed by atoms with Gasteiger partial charge in [-0.15, -0.1) is 0 Å². The molecule has 2 N–H and O–H groups in total. The van der Waals surface area contributed by atoms with Crippen molar-refractivity contribution in [1.29, 1.82) is 0 Å². The van der Waals surface area contributed by atoms with Crippen molar-refractivity contribution < 1.29 is 9.84 Å². The summed E-state index contributed by atoms with van der Waals surface area (Å²) in [5.74, 6) is 1.53. The summed E-state index contributed by atoms with van der Waals surface area (Å²) in [6.45, 7) is 4.38. The molecule has 0 aromatic heterocycles. The fourth-order valence-electron chi connectivity index (χ4n) is 2.65. The maximum absolute atomic E-state index is 8.74. The van der Waals surface area contributed by atoms with Crippen LogP contribution in [0.25, 0.3) is 0 Å². The molecule has 0 spiro atoms. The van der Waals surface area contributed by atoms with Crippen molar-refractivity contribution in [2.45, 2.75) is 38.6 Å². The van der Waals surface area contributed by atoms with Gasteiger partial charge >= 0.3 is 0 Å². The number of benzene rings is 1. The van der Waals surface area contributed by atoms with E-state index in [-0.39, 0.29) is 0 Å². The molecule has 0 aliphatic carbocycles. The molecule has 1 aliphatic heterocycles. The molecule has 0 saturated heterocycles. The second kappa shape index (κ2) is 7.51. The number of ether oxygens (including phenoxy) is 1. The molecule has 0 fully saturated rings. The minimum absolute atomic E-state index is 0.317. The Morgan fingerprint density at radius 3 is 2.84 bits per heavy atom. The summed E-state index contributed by atoms with van der Waals surface area (Å²) >= 11 is 0. The molecule has 2 rings (SSSR count). The highest BCUT2D eigenvalue weighted by atomic mass is 16.5. The zero-order chi connectivity index (χ0) is 13.5. The summed E-state index contributed by atoms with van der Waals surface area (Å²) in [6, 6.07) is 8.73. The Bertz CT molecular complexity index is 381. The van der Waals surface area contributed by atoms with Crippen molar-refractivity contribution in [2.24, 2.45) is 5.92 Å². The molecule has 0 radical (unpaired) electrons. The largest absolute Gasteiger partial charge is 0.493 e. The molecule has 1 aromatic carbocycles. The first-order chi connectivity index (χ1) is 9.33. The molecule has 3 nitrogen and oxygen atoms in total. The van der Waals surface area contributed by atoms with E-state index in [1.54, 1.807) is 0 Å². The van der Waals surface area contributed by atoms with Crippen LogP contribution in [0.4, 0.5) is 0 Å². The molecule has 2 unspecified atom stereocenters. The lowest BCUT2D eigenvalue weighted by Crippen LogP contribution is -2.34. The highest BCUT2D eigenvalue weighted by molar-refractivity contribution is 5.37. The quantitative estimate of drug-likeness (QED) is 0.743. The van der Waals surface area contributed by atoms with Crippen molar-refractivity contribution in [3.05, 3.63) is 29.8 Å². The smallest absolute Gasteiger partial charge is 0.124 e. The van der Waals surface area contributed by atoms with E-state index in [1.165, 1.54) is 18.4 Å². The first-order valence-electron chi connectivity index (χ1n) is 7.39. The van der Waals surface area contributed by atoms with Gasteiger partial charge in [0.25, 0.3) is 0 Å². The lowest BCUT2D eigenvalue weighted by atomic mass is 9.92. The van der Waals surface area contributed by atoms with Crippen LogP contribution in [0.3, 0.4) is 0 Å². The average Bonchev–Trinajstić information content (AvgIpc) is 2.44. The van der Waals surface area contributed by atoms with E-state index in [9.17, 15) is 0 Å². The monoisotopic (exact) mass is 263 g/mol. The summed E-state index contributed by atoms with van der Waals surface area (Å²) in [5, 5.41) is 12.4. The van der Waals surface area contributed by atoms with Gasteiger partial charge in [-0.1, -0.05) is 38.0 Å². The van der Waals surface area contributed by atoms with E-state index >= 15 is 0 Å². The molecule has 0 amide bonds. The van der Waals surface area contributed by atoms with Crippen molar-refractivity contribution in [3.63, 3.8) is 0 Å². The Hall–Kier alpha value is -1.06. The van der Waals surface area contributed by atoms with Gasteiger partial charge in [-0.05, 0) is 25.5 Å². The van der Waals surface area contributed by atoms with Crippen molar-refractivity contribution in [1.82, 2.24) is 5.32 Å². The number of rotatable bonds is 7. The lowest BCUT2D eigenvalue weighted by Gasteiger charge is -2.32. The van der Waals surface area contributed by atoms with Gasteiger partial charge < -0.3 is 15.2 Å². The summed E-state index contributed by atoms with van der Waals surface area (Å²) in [7, 11) is 0. The highest BCUT2D eigenvalue weighted by Crippen LogP contribution is 2.34. The number of nitrogens with one attached hydrogen (secondary N) is 1. The van der Waals surface area contributed by atoms with Crippen molar-refractivity contribution in [3.8, 4) is 5.75 Å². The number of hydrogen-bond acceptors (Lipinski definition) is 3. The molecule has 1 aliphatic rings. The van der Waals surface area contributed by atoms with Crippen LogP contribution >= 0.6 is 0 Å². The Morgan fingerprint density at radius 2 is 2.00 bits per heavy atom. The third kappa shape index (κ3) is 3.95. The van der Waals surface area contributed by atoms with Crippen LogP contribution < -0.4 is 10.1 Å². The van der Waals surface area contributed by atoms with Crippen LogP contribution in [0.15, 0.2) is 24.3 Å². The van der Waals surface area contributed by atoms with Crippen LogP contribution in [0.1, 0.15) is 44.2 Å². The van der Waals surface area contributed by atoms with Gasteiger partial charge in [0.15, 0.2) is 0 Å². The number of fused-ring (bicyclic) bond motifs is 1. The maximum Gasteiger partial charge on any atom is 0.124 e. The number of aliphatic hydroxyl groups excluding tert-OH is 1. The van der Waals surface area contributed by atoms with Gasteiger partial charge in [0.05, 0.1) is 6.61 Å². The van der Waals surface area contributed by atoms with E-state index in [2.05, 4.69) is 30.4 Å². The highest BCUT2D eigenvalue weighted by Gasteiger charge is 2.26. The van der Waals surface area contributed by atoms with Gasteiger partial charge in [-0.2, -0.15) is 0 Å². The SMILES string of the molecule is CC1COc2ccccc2C1NCCCCCCO. The van der Waals surface area contributed by atoms with E-state index in [0.29, 0.717) is 18.6 Å². The van der Waals surface area contributed by atoms with Gasteiger partial charge in [0.1, 0.15) is 5.75 Å². The fourth-order valence-corrected chi connectivity index (χ4v) is 2.65. The Labute approximate surface area is 116 Å². The van der Waals surface area contributed by atoms with E-state index < -0.39 is 0 Å². The van der Waals surface area contributed by atoms with Gasteiger partial charge in [0.2, 0.25) is 0 Å². The first-order valence-corrected chi connectivity index (χ1v) is 7.39. The summed E-state index contributed by atoms with van der Waals surface area (Å²) in [4.78, 5) is 0. The molecule has 1 aromatic rings. The van der Waals surface area contributed by atoms with Crippen LogP contribution in [0.2, 0.25) is 0 Å². The van der Waals surface area contributed by atoms with Gasteiger partial charge in [0, 0.05) is 24.1 Å². The van der Waals surface area contributed by atoms with E-state index in [4.69, 9.17) is 9.84 Å². The van der Waals surface area contributed by atoms with Crippen LogP contribution in [0.5, 0.6) is 5.75 Å². The molecular weight excluding hydrogens is 238 g/mol. The molecule has 19 heavy (non-hydrogen) atoms. The second-order valence-corrected chi connectivity index (χ2v) is 5.40. The molecule has 2 atom stereocenters.